The van der Waals surface area contributed by atoms with E-state index < -0.39 is 5.92 Å². The summed E-state index contributed by atoms with van der Waals surface area (Å²) >= 11 is 1.61. The van der Waals surface area contributed by atoms with Crippen molar-refractivity contribution in [2.24, 2.45) is 0 Å². The molecule has 2 atom stereocenters. The summed E-state index contributed by atoms with van der Waals surface area (Å²) in [5.74, 6) is 1.35. The Labute approximate surface area is 139 Å². The van der Waals surface area contributed by atoms with E-state index in [1.54, 1.807) is 35.7 Å². The second-order valence-corrected chi connectivity index (χ2v) is 6.96. The van der Waals surface area contributed by atoms with E-state index in [0.29, 0.717) is 17.4 Å². The lowest BCUT2D eigenvalue weighted by Gasteiger charge is -2.27. The van der Waals surface area contributed by atoms with E-state index in [-0.39, 0.29) is 17.9 Å². The van der Waals surface area contributed by atoms with E-state index in [1.807, 2.05) is 37.3 Å². The molecule has 1 saturated heterocycles. The van der Waals surface area contributed by atoms with Crippen molar-refractivity contribution in [1.82, 2.24) is 9.80 Å². The molecular formula is C17H20N2O3S. The van der Waals surface area contributed by atoms with Crippen LogP contribution in [0.25, 0.3) is 11.0 Å². The van der Waals surface area contributed by atoms with Gasteiger partial charge in [-0.25, -0.2) is 0 Å². The molecule has 0 saturated carbocycles. The maximum absolute atomic E-state index is 12.8. The third kappa shape index (κ3) is 2.95. The fourth-order valence-electron chi connectivity index (χ4n) is 2.75. The van der Waals surface area contributed by atoms with E-state index in [4.69, 9.17) is 4.42 Å². The average molecular weight is 332 g/mol. The van der Waals surface area contributed by atoms with Crippen LogP contribution in [0.15, 0.2) is 34.7 Å². The number of likely N-dealkylation sites (N-methyl/N-ethyl adjacent to an activating group) is 1. The van der Waals surface area contributed by atoms with Crippen LogP contribution in [0.1, 0.15) is 18.6 Å². The zero-order valence-electron chi connectivity index (χ0n) is 13.5. The van der Waals surface area contributed by atoms with Crippen molar-refractivity contribution in [2.75, 3.05) is 25.7 Å². The van der Waals surface area contributed by atoms with Gasteiger partial charge >= 0.3 is 0 Å². The van der Waals surface area contributed by atoms with Gasteiger partial charge in [-0.3, -0.25) is 9.59 Å². The van der Waals surface area contributed by atoms with Crippen LogP contribution < -0.4 is 0 Å². The van der Waals surface area contributed by atoms with Crippen LogP contribution in [0.4, 0.5) is 0 Å². The van der Waals surface area contributed by atoms with Crippen molar-refractivity contribution >= 4 is 34.5 Å². The second-order valence-electron chi connectivity index (χ2n) is 5.96. The van der Waals surface area contributed by atoms with Crippen LogP contribution in [0.2, 0.25) is 0 Å². The van der Waals surface area contributed by atoms with Crippen LogP contribution in [0.5, 0.6) is 0 Å². The smallest absolute Gasteiger partial charge is 0.245 e. The largest absolute Gasteiger partial charge is 0.460 e. The van der Waals surface area contributed by atoms with Crippen LogP contribution in [-0.4, -0.2) is 53.4 Å². The molecule has 2 aromatic rings. The Morgan fingerprint density at radius 1 is 1.35 bits per heavy atom. The third-order valence-electron chi connectivity index (χ3n) is 4.13. The summed E-state index contributed by atoms with van der Waals surface area (Å²) < 4.78 is 5.80. The first-order valence-electron chi connectivity index (χ1n) is 7.57. The Morgan fingerprint density at radius 2 is 2.09 bits per heavy atom. The van der Waals surface area contributed by atoms with E-state index in [2.05, 4.69) is 0 Å². The molecule has 5 nitrogen and oxygen atoms in total. The molecule has 0 radical (unpaired) electrons. The molecule has 0 aliphatic carbocycles. The molecule has 1 aromatic carbocycles. The number of rotatable bonds is 3. The molecule has 2 amide bonds. The number of nitrogens with zero attached hydrogens (tertiary/aromatic N) is 2. The fraction of sp³-hybridized carbons (Fsp3) is 0.412. The van der Waals surface area contributed by atoms with Crippen molar-refractivity contribution in [3.05, 3.63) is 36.1 Å². The van der Waals surface area contributed by atoms with Gasteiger partial charge in [0, 0.05) is 25.2 Å². The number of fused-ring (bicyclic) bond motifs is 1. The first kappa shape index (κ1) is 15.9. The summed E-state index contributed by atoms with van der Waals surface area (Å²) in [7, 11) is 3.44. The van der Waals surface area contributed by atoms with Crippen molar-refractivity contribution < 1.29 is 14.0 Å². The summed E-state index contributed by atoms with van der Waals surface area (Å²) in [6, 6.07) is 9.23. The molecule has 1 aromatic heterocycles. The predicted molar refractivity (Wildman–Crippen MR) is 91.3 cm³/mol. The van der Waals surface area contributed by atoms with Gasteiger partial charge < -0.3 is 14.2 Å². The highest BCUT2D eigenvalue weighted by Gasteiger charge is 2.38. The molecule has 122 valence electrons. The number of amides is 2. The number of para-hydroxylation sites is 1. The summed E-state index contributed by atoms with van der Waals surface area (Å²) in [4.78, 5) is 28.3. The minimum Gasteiger partial charge on any atom is -0.460 e. The molecular weight excluding hydrogens is 312 g/mol. The lowest BCUT2D eigenvalue weighted by molar-refractivity contribution is -0.142. The molecule has 0 bridgehead atoms. The van der Waals surface area contributed by atoms with Gasteiger partial charge in [0.15, 0.2) is 0 Å². The maximum atomic E-state index is 12.8. The van der Waals surface area contributed by atoms with Gasteiger partial charge in [-0.15, -0.1) is 11.8 Å². The number of carbonyl (C=O) groups is 2. The Kier molecular flexibility index (Phi) is 4.35. The Bertz CT molecular complexity index is 707. The van der Waals surface area contributed by atoms with Gasteiger partial charge in [-0.1, -0.05) is 18.2 Å². The highest BCUT2D eigenvalue weighted by atomic mass is 32.2. The van der Waals surface area contributed by atoms with Crippen molar-refractivity contribution in [1.29, 1.82) is 0 Å². The van der Waals surface area contributed by atoms with Crippen LogP contribution in [-0.2, 0) is 9.59 Å². The zero-order chi connectivity index (χ0) is 16.6. The van der Waals surface area contributed by atoms with Crippen molar-refractivity contribution in [2.45, 2.75) is 18.9 Å². The normalized spacial score (nSPS) is 19.1. The van der Waals surface area contributed by atoms with E-state index in [9.17, 15) is 9.59 Å². The summed E-state index contributed by atoms with van der Waals surface area (Å²) in [5.41, 5.74) is 0.777. The minimum atomic E-state index is -0.404. The quantitative estimate of drug-likeness (QED) is 0.867. The predicted octanol–water partition coefficient (Wildman–Crippen LogP) is 2.53. The first-order valence-corrected chi connectivity index (χ1v) is 8.72. The first-order chi connectivity index (χ1) is 11.0. The number of thioether (sulfide) groups is 1. The molecule has 3 rings (SSSR count). The van der Waals surface area contributed by atoms with E-state index >= 15 is 0 Å². The third-order valence-corrected chi connectivity index (χ3v) is 5.15. The molecule has 1 fully saturated rings. The van der Waals surface area contributed by atoms with Gasteiger partial charge in [0.2, 0.25) is 11.8 Å². The Balaban J connectivity index is 1.82. The second kappa shape index (κ2) is 6.28. The molecule has 0 N–H and O–H groups in total. The average Bonchev–Trinajstić information content (AvgIpc) is 3.18. The van der Waals surface area contributed by atoms with Gasteiger partial charge in [0.1, 0.15) is 17.4 Å². The fourth-order valence-corrected chi connectivity index (χ4v) is 3.90. The number of furan rings is 1. The lowest BCUT2D eigenvalue weighted by Crippen LogP contribution is -2.47. The summed E-state index contributed by atoms with van der Waals surface area (Å²) in [6.07, 6.45) is 0. The lowest BCUT2D eigenvalue weighted by atomic mass is 10.1. The molecule has 0 spiro atoms. The van der Waals surface area contributed by atoms with Gasteiger partial charge in [0.25, 0.3) is 0 Å². The summed E-state index contributed by atoms with van der Waals surface area (Å²) in [6.45, 7) is 1.83. The zero-order valence-corrected chi connectivity index (χ0v) is 14.3. The van der Waals surface area contributed by atoms with Gasteiger partial charge in [-0.05, 0) is 19.1 Å². The number of hydrogen-bond donors (Lipinski definition) is 0. The van der Waals surface area contributed by atoms with Gasteiger partial charge in [-0.2, -0.15) is 0 Å². The number of hydrogen-bond acceptors (Lipinski definition) is 4. The van der Waals surface area contributed by atoms with Crippen LogP contribution >= 0.6 is 11.8 Å². The molecule has 23 heavy (non-hydrogen) atoms. The van der Waals surface area contributed by atoms with Crippen LogP contribution in [0, 0.1) is 0 Å². The Morgan fingerprint density at radius 3 is 2.78 bits per heavy atom. The van der Waals surface area contributed by atoms with Crippen molar-refractivity contribution in [3.8, 4) is 0 Å². The molecule has 1 aliphatic rings. The number of carbonyl (C=O) groups excluding carboxylic acids is 2. The monoisotopic (exact) mass is 332 g/mol. The minimum absolute atomic E-state index is 0.0276. The summed E-state index contributed by atoms with van der Waals surface area (Å²) in [5, 5.41) is 0.985. The highest BCUT2D eigenvalue weighted by Crippen LogP contribution is 2.30. The SMILES string of the molecule is CC(C(=O)N1CSCC1C(=O)N(C)C)c1cc2ccccc2o1. The van der Waals surface area contributed by atoms with E-state index in [0.717, 1.165) is 11.0 Å². The maximum Gasteiger partial charge on any atom is 0.245 e. The molecule has 6 heteroatoms. The molecule has 2 unspecified atom stereocenters. The topological polar surface area (TPSA) is 53.8 Å². The molecule has 1 aliphatic heterocycles. The highest BCUT2D eigenvalue weighted by molar-refractivity contribution is 7.99. The Hall–Kier alpha value is -1.95. The van der Waals surface area contributed by atoms with Crippen LogP contribution in [0.3, 0.4) is 0 Å². The van der Waals surface area contributed by atoms with Crippen molar-refractivity contribution in [3.63, 3.8) is 0 Å². The standard InChI is InChI=1S/C17H20N2O3S/c1-11(15-8-12-6-4-5-7-14(12)22-15)16(20)19-10-23-9-13(19)17(21)18(2)3/h4-8,11,13H,9-10H2,1-3H3. The number of benzene rings is 1. The van der Waals surface area contributed by atoms with E-state index in [1.165, 1.54) is 0 Å². The molecule has 2 heterocycles. The van der Waals surface area contributed by atoms with Gasteiger partial charge in [0.05, 0.1) is 11.8 Å².